The van der Waals surface area contributed by atoms with Gasteiger partial charge in [-0.2, -0.15) is 0 Å². The number of urea groups is 1. The number of ether oxygens (including phenoxy) is 1. The van der Waals surface area contributed by atoms with Crippen molar-refractivity contribution in [1.29, 1.82) is 0 Å². The predicted molar refractivity (Wildman–Crippen MR) is 116 cm³/mol. The summed E-state index contributed by atoms with van der Waals surface area (Å²) in [5.74, 6) is 5.01. The Hall–Kier alpha value is -3.41. The maximum absolute atomic E-state index is 13.9. The molecule has 0 saturated carbocycles. The van der Waals surface area contributed by atoms with Crippen molar-refractivity contribution in [3.05, 3.63) is 65.5 Å². The van der Waals surface area contributed by atoms with E-state index in [0.29, 0.717) is 13.2 Å². The molecule has 0 spiro atoms. The van der Waals surface area contributed by atoms with Crippen molar-refractivity contribution in [2.24, 2.45) is 0 Å². The second-order valence-corrected chi connectivity index (χ2v) is 7.79. The van der Waals surface area contributed by atoms with Gasteiger partial charge in [-0.15, -0.1) is 0 Å². The Bertz CT molecular complexity index is 1060. The molecule has 2 aromatic carbocycles. The van der Waals surface area contributed by atoms with Crippen molar-refractivity contribution in [2.45, 2.75) is 18.0 Å². The third-order valence-corrected chi connectivity index (χ3v) is 5.90. The number of anilines is 1. The fourth-order valence-corrected chi connectivity index (χ4v) is 4.41. The fraction of sp³-hybridized carbons (Fsp3) is 0.333. The lowest BCUT2D eigenvalue weighted by atomic mass is 9.73. The van der Waals surface area contributed by atoms with Gasteiger partial charge in [0.2, 0.25) is 5.91 Å². The number of aliphatic hydroxyl groups is 1. The van der Waals surface area contributed by atoms with Crippen LogP contribution in [0.4, 0.5) is 14.9 Å². The van der Waals surface area contributed by atoms with Gasteiger partial charge in [0.15, 0.2) is 0 Å². The number of para-hydroxylation sites is 1. The number of fused-ring (bicyclic) bond motifs is 1. The molecule has 3 atom stereocenters. The van der Waals surface area contributed by atoms with Crippen LogP contribution in [-0.2, 0) is 9.53 Å². The molecule has 2 aliphatic heterocycles. The molecule has 4 rings (SSSR count). The zero-order valence-corrected chi connectivity index (χ0v) is 17.6. The standard InChI is InChI=1S/C24H24FN3O4/c1-32-12-4-5-16-8-10-17(11-9-16)23-20-13-27(14-22(30)28(20)21(23)15-29)24(31)26-19-7-3-2-6-18(19)25/h2-3,6-11,20-21,23,29H,12-15H2,1H3,(H,26,31)/t20-,21-,23+/m0/s1. The lowest BCUT2D eigenvalue weighted by molar-refractivity contribution is -0.159. The summed E-state index contributed by atoms with van der Waals surface area (Å²) in [6, 6.07) is 12.4. The van der Waals surface area contributed by atoms with Gasteiger partial charge >= 0.3 is 6.03 Å². The van der Waals surface area contributed by atoms with Crippen molar-refractivity contribution >= 4 is 17.6 Å². The molecule has 0 aliphatic carbocycles. The van der Waals surface area contributed by atoms with Crippen LogP contribution in [0.3, 0.4) is 0 Å². The molecule has 8 heteroatoms. The number of halogens is 1. The Morgan fingerprint density at radius 2 is 2.00 bits per heavy atom. The van der Waals surface area contributed by atoms with Gasteiger partial charge in [-0.1, -0.05) is 36.1 Å². The molecule has 0 bridgehead atoms. The molecule has 2 aliphatic rings. The van der Waals surface area contributed by atoms with Crippen molar-refractivity contribution in [3.63, 3.8) is 0 Å². The summed E-state index contributed by atoms with van der Waals surface area (Å²) in [6.45, 7) is 0.362. The molecule has 2 saturated heterocycles. The average molecular weight is 437 g/mol. The first-order chi connectivity index (χ1) is 15.5. The number of nitrogens with zero attached hydrogens (tertiary/aromatic N) is 2. The quantitative estimate of drug-likeness (QED) is 0.718. The Balaban J connectivity index is 1.50. The third-order valence-electron chi connectivity index (χ3n) is 5.90. The number of carbonyl (C=O) groups excluding carboxylic acids is 2. The number of piperazine rings is 1. The normalized spacial score (nSPS) is 21.8. The molecule has 0 aromatic heterocycles. The van der Waals surface area contributed by atoms with Gasteiger partial charge in [0.05, 0.1) is 24.4 Å². The number of methoxy groups -OCH3 is 1. The molecular formula is C24H24FN3O4. The summed E-state index contributed by atoms with van der Waals surface area (Å²) >= 11 is 0. The maximum Gasteiger partial charge on any atom is 0.322 e. The van der Waals surface area contributed by atoms with Gasteiger partial charge < -0.3 is 25.0 Å². The van der Waals surface area contributed by atoms with Crippen LogP contribution in [0, 0.1) is 17.7 Å². The lowest BCUT2D eigenvalue weighted by Gasteiger charge is -2.58. The van der Waals surface area contributed by atoms with Crippen LogP contribution in [0.1, 0.15) is 17.0 Å². The highest BCUT2D eigenvalue weighted by atomic mass is 19.1. The number of carbonyl (C=O) groups is 2. The molecular weight excluding hydrogens is 413 g/mol. The number of benzene rings is 2. The SMILES string of the molecule is COCC#Cc1ccc([C@H]2[C@H](CO)N3C(=O)CN(C(=O)Nc4ccccc4F)C[C@@H]23)cc1. The van der Waals surface area contributed by atoms with Gasteiger partial charge in [0.25, 0.3) is 0 Å². The number of hydrogen-bond donors (Lipinski definition) is 2. The zero-order chi connectivity index (χ0) is 22.7. The first-order valence-electron chi connectivity index (χ1n) is 10.3. The summed E-state index contributed by atoms with van der Waals surface area (Å²) in [4.78, 5) is 28.5. The van der Waals surface area contributed by atoms with E-state index in [9.17, 15) is 19.1 Å². The van der Waals surface area contributed by atoms with E-state index >= 15 is 0 Å². The van der Waals surface area contributed by atoms with Gasteiger partial charge in [0, 0.05) is 25.1 Å². The number of aliphatic hydroxyl groups excluding tert-OH is 1. The zero-order valence-electron chi connectivity index (χ0n) is 17.6. The Kier molecular flexibility index (Phi) is 6.40. The monoisotopic (exact) mass is 437 g/mol. The van der Waals surface area contributed by atoms with E-state index in [4.69, 9.17) is 4.74 Å². The molecule has 7 nitrogen and oxygen atoms in total. The minimum Gasteiger partial charge on any atom is -0.394 e. The molecule has 3 amide bonds. The van der Waals surface area contributed by atoms with E-state index in [2.05, 4.69) is 17.2 Å². The smallest absolute Gasteiger partial charge is 0.322 e. The second-order valence-electron chi connectivity index (χ2n) is 7.79. The molecule has 2 fully saturated rings. The third kappa shape index (κ3) is 4.17. The number of amides is 3. The summed E-state index contributed by atoms with van der Waals surface area (Å²) in [7, 11) is 1.58. The van der Waals surface area contributed by atoms with Crippen LogP contribution < -0.4 is 5.32 Å². The van der Waals surface area contributed by atoms with Gasteiger partial charge in [-0.05, 0) is 29.8 Å². The van der Waals surface area contributed by atoms with E-state index in [1.807, 2.05) is 24.3 Å². The van der Waals surface area contributed by atoms with Gasteiger partial charge in [0.1, 0.15) is 19.0 Å². The molecule has 32 heavy (non-hydrogen) atoms. The summed E-state index contributed by atoms with van der Waals surface area (Å²) < 4.78 is 18.8. The topological polar surface area (TPSA) is 82.1 Å². The number of nitrogens with one attached hydrogen (secondary N) is 1. The van der Waals surface area contributed by atoms with Crippen LogP contribution in [0.2, 0.25) is 0 Å². The highest BCUT2D eigenvalue weighted by molar-refractivity contribution is 5.93. The van der Waals surface area contributed by atoms with Gasteiger partial charge in [-0.3, -0.25) is 4.79 Å². The maximum atomic E-state index is 13.9. The molecule has 2 aromatic rings. The van der Waals surface area contributed by atoms with Crippen molar-refractivity contribution in [2.75, 3.05) is 38.7 Å². The minimum absolute atomic E-state index is 0.0657. The molecule has 2 heterocycles. The van der Waals surface area contributed by atoms with Gasteiger partial charge in [-0.25, -0.2) is 9.18 Å². The highest BCUT2D eigenvalue weighted by Crippen LogP contribution is 2.43. The van der Waals surface area contributed by atoms with Crippen molar-refractivity contribution < 1.29 is 23.8 Å². The summed E-state index contributed by atoms with van der Waals surface area (Å²) in [5, 5.41) is 12.4. The van der Waals surface area contributed by atoms with Crippen LogP contribution >= 0.6 is 0 Å². The second kappa shape index (κ2) is 9.39. The Morgan fingerprint density at radius 1 is 1.25 bits per heavy atom. The average Bonchev–Trinajstić information content (AvgIpc) is 2.78. The highest BCUT2D eigenvalue weighted by Gasteiger charge is 2.54. The van der Waals surface area contributed by atoms with E-state index in [0.717, 1.165) is 11.1 Å². The molecule has 0 unspecified atom stereocenters. The number of rotatable bonds is 4. The Labute approximate surface area is 185 Å². The lowest BCUT2D eigenvalue weighted by Crippen LogP contribution is -2.73. The van der Waals surface area contributed by atoms with Crippen molar-refractivity contribution in [1.82, 2.24) is 9.80 Å². The molecule has 2 N–H and O–H groups in total. The van der Waals surface area contributed by atoms with Crippen LogP contribution in [-0.4, -0.2) is 72.3 Å². The fourth-order valence-electron chi connectivity index (χ4n) is 4.41. The van der Waals surface area contributed by atoms with E-state index in [-0.39, 0.29) is 42.7 Å². The largest absolute Gasteiger partial charge is 0.394 e. The summed E-state index contributed by atoms with van der Waals surface area (Å²) in [6.07, 6.45) is 0. The number of hydrogen-bond acceptors (Lipinski definition) is 4. The van der Waals surface area contributed by atoms with Crippen LogP contribution in [0.5, 0.6) is 0 Å². The predicted octanol–water partition coefficient (Wildman–Crippen LogP) is 2.03. The van der Waals surface area contributed by atoms with Crippen LogP contribution in [0.15, 0.2) is 48.5 Å². The van der Waals surface area contributed by atoms with Crippen LogP contribution in [0.25, 0.3) is 0 Å². The Morgan fingerprint density at radius 3 is 2.69 bits per heavy atom. The molecule has 0 radical (unpaired) electrons. The van der Waals surface area contributed by atoms with Crippen molar-refractivity contribution in [3.8, 4) is 11.8 Å². The summed E-state index contributed by atoms with van der Waals surface area (Å²) in [5.41, 5.74) is 1.87. The van der Waals surface area contributed by atoms with E-state index < -0.39 is 11.8 Å². The molecule has 166 valence electrons. The first kappa shape index (κ1) is 21.8. The minimum atomic E-state index is -0.540. The first-order valence-corrected chi connectivity index (χ1v) is 10.3. The van der Waals surface area contributed by atoms with E-state index in [1.165, 1.54) is 23.1 Å². The van der Waals surface area contributed by atoms with E-state index in [1.54, 1.807) is 18.1 Å².